The number of nitrogen functional groups attached to an aromatic ring is 1. The minimum absolute atomic E-state index is 0.0490. The zero-order chi connectivity index (χ0) is 43.6. The molecule has 0 aromatic carbocycles. The molecule has 1 fully saturated rings. The quantitative estimate of drug-likeness (QED) is 0.0613. The van der Waals surface area contributed by atoms with Gasteiger partial charge < -0.3 is 35.2 Å². The number of esters is 2. The molecule has 0 spiro atoms. The third kappa shape index (κ3) is 12.5. The van der Waals surface area contributed by atoms with Crippen LogP contribution in [-0.2, 0) is 57.1 Å². The van der Waals surface area contributed by atoms with Gasteiger partial charge in [0.1, 0.15) is 22.9 Å². The van der Waals surface area contributed by atoms with Gasteiger partial charge in [-0.15, -0.1) is 11.3 Å². The largest absolute Gasteiger partial charge is 0.402 e. The maximum Gasteiger partial charge on any atom is 0.351 e. The van der Waals surface area contributed by atoms with Crippen molar-refractivity contribution in [2.24, 2.45) is 11.1 Å². The summed E-state index contributed by atoms with van der Waals surface area (Å²) in [5, 5.41) is 7.60. The highest BCUT2D eigenvalue weighted by Gasteiger charge is 2.56. The summed E-state index contributed by atoms with van der Waals surface area (Å²) in [6.45, 7) is 2.69. The van der Waals surface area contributed by atoms with E-state index < -0.39 is 57.6 Å². The first-order valence-electron chi connectivity index (χ1n) is 17.2. The Morgan fingerprint density at radius 3 is 2.10 bits per heavy atom. The number of nitrogens with zero attached hydrogens (tertiary/aromatic N) is 6. The van der Waals surface area contributed by atoms with Gasteiger partial charge in [-0.2, -0.15) is 29.3 Å². The first-order chi connectivity index (χ1) is 27.8. The summed E-state index contributed by atoms with van der Waals surface area (Å²) >= 11 is 2.42. The van der Waals surface area contributed by atoms with Crippen molar-refractivity contribution < 1.29 is 65.2 Å². The minimum Gasteiger partial charge on any atom is -0.402 e. The van der Waals surface area contributed by atoms with Crippen LogP contribution < -0.4 is 20.2 Å². The van der Waals surface area contributed by atoms with Gasteiger partial charge in [0.05, 0.1) is 17.7 Å². The van der Waals surface area contributed by atoms with Crippen LogP contribution in [0.2, 0.25) is 0 Å². The number of aromatic nitrogens is 3. The van der Waals surface area contributed by atoms with Crippen LogP contribution in [0.1, 0.15) is 26.4 Å². The highest BCUT2D eigenvalue weighted by Crippen LogP contribution is 2.46. The molecule has 314 valence electrons. The number of Topliss-reactive ketones (excluding diaryl/α,β-unsaturated/α-hetero) is 1. The van der Waals surface area contributed by atoms with E-state index in [-0.39, 0.29) is 47.4 Å². The van der Waals surface area contributed by atoms with Gasteiger partial charge in [0.2, 0.25) is 6.61 Å². The molecule has 1 aliphatic carbocycles. The molecule has 0 radical (unpaired) electrons. The number of nitrogens with two attached hydrogens (primary N) is 1. The van der Waals surface area contributed by atoms with Crippen LogP contribution in [0.25, 0.3) is 0 Å². The number of nitrogens with one attached hydrogen (secondary N) is 1. The molecule has 59 heavy (non-hydrogen) atoms. The number of thiazole rings is 1. The van der Waals surface area contributed by atoms with Gasteiger partial charge >= 0.3 is 11.9 Å². The number of anilines is 1. The number of hydrogen-bond acceptors (Lipinski definition) is 16. The number of ether oxygens (including phenoxy) is 2. The van der Waals surface area contributed by atoms with Crippen molar-refractivity contribution in [3.8, 4) is 0 Å². The molecule has 20 nitrogen and oxygen atoms in total. The summed E-state index contributed by atoms with van der Waals surface area (Å²) in [5.74, 6) is -3.77. The molecule has 0 saturated heterocycles. The van der Waals surface area contributed by atoms with Gasteiger partial charge in [-0.25, -0.2) is 14.6 Å². The second-order valence-electron chi connectivity index (χ2n) is 13.1. The molecule has 3 amide bonds. The third-order valence-corrected chi connectivity index (χ3v) is 10.3. The predicted octanol–water partition coefficient (Wildman–Crippen LogP) is -0.388. The Labute approximate surface area is 347 Å². The SMILES string of the molecule is C=CC1=C(C(=O)OC[n+]2cccc(C(=O)N(C)C)c2)C2C(=O)[C@@H](NC(=O)/C(=N/OCC(=O)OC[n+]3cccc(C(=O)N(C)C)c3)c3csc(N)n3)[C@H]2SC1.CS(=O)(=O)O. The number of hydrogen-bond donors (Lipinski definition) is 3. The molecule has 2 aliphatic rings. The van der Waals surface area contributed by atoms with E-state index in [0.29, 0.717) is 28.7 Å². The normalized spacial score (nSPS) is 17.2. The standard InChI is InChI=1S/C35H37N8O9S2.CH4O3S/c1-6-20-16-53-30-26(25(20)34(49)51-19-43-12-8-10-22(14-43)33(48)41(4)5)29(45)28(30)38-31(46)27(23-17-54-35(36)37-23)39-52-15-24(44)50-18-42-11-7-9-21(13-42)32(47)40(2)3;1-5(2,3)4/h6-14,17,26,28,30H,1,15-16,18-19H2,2-5H3,(H2-,36,37,38,46);1H3,(H,2,3,4)/q+1;/p+1/b39-27+;/t26?,28-,30+;/m1./s1. The number of thioether (sulfide) groups is 1. The molecule has 3 aromatic rings. The number of allylic oxidation sites excluding steroid dienone is 1. The number of oxime groups is 1. The van der Waals surface area contributed by atoms with Crippen LogP contribution in [0.15, 0.2) is 83.4 Å². The monoisotopic (exact) mass is 874 g/mol. The summed E-state index contributed by atoms with van der Waals surface area (Å²) in [5.41, 5.74) is 6.99. The molecule has 4 heterocycles. The molecule has 4 N–H and O–H groups in total. The van der Waals surface area contributed by atoms with Gasteiger partial charge in [0.25, 0.3) is 41.3 Å². The van der Waals surface area contributed by atoms with Crippen molar-refractivity contribution in [3.05, 3.63) is 95.1 Å². The summed E-state index contributed by atoms with van der Waals surface area (Å²) in [7, 11) is 2.83. The van der Waals surface area contributed by atoms with Crippen molar-refractivity contribution >= 4 is 79.5 Å². The lowest BCUT2D eigenvalue weighted by Gasteiger charge is -2.46. The van der Waals surface area contributed by atoms with E-state index in [1.165, 1.54) is 48.3 Å². The fraction of sp³-hybridized carbons (Fsp3) is 0.333. The lowest BCUT2D eigenvalue weighted by Crippen LogP contribution is -2.66. The van der Waals surface area contributed by atoms with E-state index >= 15 is 0 Å². The second kappa shape index (κ2) is 20.1. The molecule has 1 aliphatic heterocycles. The Hall–Kier alpha value is -6.04. The average Bonchev–Trinajstić information content (AvgIpc) is 3.63. The van der Waals surface area contributed by atoms with E-state index in [1.54, 1.807) is 71.0 Å². The predicted molar refractivity (Wildman–Crippen MR) is 212 cm³/mol. The Morgan fingerprint density at radius 1 is 1.03 bits per heavy atom. The maximum atomic E-state index is 13.6. The smallest absolute Gasteiger partial charge is 0.351 e. The number of ketones is 1. The van der Waals surface area contributed by atoms with E-state index in [2.05, 4.69) is 22.0 Å². The number of fused-ring (bicyclic) bond motifs is 1. The van der Waals surface area contributed by atoms with Crippen LogP contribution in [0.3, 0.4) is 0 Å². The Kier molecular flexibility index (Phi) is 15.5. The van der Waals surface area contributed by atoms with E-state index in [1.807, 2.05) is 0 Å². The molecule has 3 aromatic heterocycles. The Morgan fingerprint density at radius 2 is 1.59 bits per heavy atom. The summed E-state index contributed by atoms with van der Waals surface area (Å²) in [6, 6.07) is 5.56. The van der Waals surface area contributed by atoms with Gasteiger partial charge in [-0.3, -0.25) is 23.7 Å². The molecule has 23 heteroatoms. The van der Waals surface area contributed by atoms with Crippen molar-refractivity contribution in [2.45, 2.75) is 24.8 Å². The summed E-state index contributed by atoms with van der Waals surface area (Å²) in [6.07, 6.45) is 8.54. The van der Waals surface area contributed by atoms with E-state index in [0.717, 1.165) is 11.3 Å². The lowest BCUT2D eigenvalue weighted by atomic mass is 9.71. The molecular formula is C36H42N8O12S3+2. The van der Waals surface area contributed by atoms with Gasteiger partial charge in [0.15, 0.2) is 41.4 Å². The number of pyridine rings is 2. The Bertz CT molecular complexity index is 2300. The maximum absolute atomic E-state index is 13.6. The van der Waals surface area contributed by atoms with Crippen LogP contribution >= 0.6 is 23.1 Å². The van der Waals surface area contributed by atoms with Crippen LogP contribution in [0.4, 0.5) is 5.13 Å². The van der Waals surface area contributed by atoms with Crippen molar-refractivity contribution in [1.82, 2.24) is 20.1 Å². The summed E-state index contributed by atoms with van der Waals surface area (Å²) in [4.78, 5) is 89.7. The first-order valence-corrected chi connectivity index (χ1v) is 21.0. The number of carbonyl (C=O) groups is 6. The van der Waals surface area contributed by atoms with Crippen LogP contribution in [0.5, 0.6) is 0 Å². The highest BCUT2D eigenvalue weighted by molar-refractivity contribution is 8.00. The Balaban J connectivity index is 0.00000145. The fourth-order valence-corrected chi connectivity index (χ4v) is 7.52. The fourth-order valence-electron chi connectivity index (χ4n) is 5.47. The third-order valence-electron chi connectivity index (χ3n) is 8.17. The number of carbonyl (C=O) groups excluding carboxylic acids is 6. The number of rotatable bonds is 14. The van der Waals surface area contributed by atoms with Crippen molar-refractivity contribution in [1.29, 1.82) is 0 Å². The summed E-state index contributed by atoms with van der Waals surface area (Å²) < 4.78 is 39.7. The molecule has 3 atom stereocenters. The van der Waals surface area contributed by atoms with E-state index in [9.17, 15) is 37.2 Å². The van der Waals surface area contributed by atoms with Crippen LogP contribution in [0, 0.1) is 5.92 Å². The number of amides is 3. The van der Waals surface area contributed by atoms with E-state index in [4.69, 9.17) is 24.6 Å². The minimum atomic E-state index is -3.67. The van der Waals surface area contributed by atoms with Gasteiger partial charge in [-0.1, -0.05) is 17.8 Å². The molecule has 5 rings (SSSR count). The molecule has 1 unspecified atom stereocenters. The first kappa shape index (κ1) is 45.7. The van der Waals surface area contributed by atoms with Crippen molar-refractivity contribution in [3.63, 3.8) is 0 Å². The zero-order valence-electron chi connectivity index (χ0n) is 32.5. The molecule has 0 bridgehead atoms. The zero-order valence-corrected chi connectivity index (χ0v) is 34.9. The van der Waals surface area contributed by atoms with Crippen LogP contribution in [-0.4, -0.2) is 127 Å². The molecular weight excluding hydrogens is 833 g/mol. The highest BCUT2D eigenvalue weighted by atomic mass is 32.2. The molecule has 1 saturated carbocycles. The van der Waals surface area contributed by atoms with Crippen molar-refractivity contribution in [2.75, 3.05) is 52.5 Å². The topological polar surface area (TPSA) is 262 Å². The second-order valence-corrected chi connectivity index (χ2v) is 16.6. The van der Waals surface area contributed by atoms with Gasteiger partial charge in [0, 0.05) is 56.7 Å². The van der Waals surface area contributed by atoms with Gasteiger partial charge in [-0.05, 0) is 17.7 Å². The average molecular weight is 875 g/mol. The lowest BCUT2D eigenvalue weighted by molar-refractivity contribution is -0.727.